The minimum atomic E-state index is -0.505. The average molecular weight is 275 g/mol. The highest BCUT2D eigenvalue weighted by atomic mass is 16.5. The summed E-state index contributed by atoms with van der Waals surface area (Å²) in [5.41, 5.74) is 0.811. The molecule has 0 aliphatic rings. The number of aliphatic hydroxyl groups is 1. The van der Waals surface area contributed by atoms with Gasteiger partial charge >= 0.3 is 0 Å². The van der Waals surface area contributed by atoms with Crippen LogP contribution in [-0.4, -0.2) is 19.9 Å². The van der Waals surface area contributed by atoms with E-state index in [1.54, 1.807) is 0 Å². The Balaban J connectivity index is 2.13. The Morgan fingerprint density at radius 2 is 2.05 bits per heavy atom. The smallest absolute Gasteiger partial charge is 0.165 e. The molecule has 0 saturated carbocycles. The van der Waals surface area contributed by atoms with Crippen LogP contribution in [0.5, 0.6) is 5.75 Å². The molecule has 1 heterocycles. The fourth-order valence-electron chi connectivity index (χ4n) is 2.06. The van der Waals surface area contributed by atoms with Gasteiger partial charge in [0, 0.05) is 11.6 Å². The van der Waals surface area contributed by atoms with Crippen LogP contribution in [0.4, 0.5) is 0 Å². The first-order valence-electron chi connectivity index (χ1n) is 6.91. The van der Waals surface area contributed by atoms with Crippen molar-refractivity contribution in [2.75, 3.05) is 0 Å². The summed E-state index contributed by atoms with van der Waals surface area (Å²) >= 11 is 0. The molecule has 108 valence electrons. The van der Waals surface area contributed by atoms with Gasteiger partial charge in [0.2, 0.25) is 0 Å². The summed E-state index contributed by atoms with van der Waals surface area (Å²) in [7, 11) is 0. The van der Waals surface area contributed by atoms with Crippen molar-refractivity contribution in [1.82, 2.24) is 14.8 Å². The maximum Gasteiger partial charge on any atom is 0.165 e. The summed E-state index contributed by atoms with van der Waals surface area (Å²) in [6, 6.07) is 7.79. The molecule has 0 aliphatic heterocycles. The number of para-hydroxylation sites is 1. The van der Waals surface area contributed by atoms with E-state index in [4.69, 9.17) is 4.74 Å². The van der Waals surface area contributed by atoms with E-state index in [9.17, 15) is 5.11 Å². The van der Waals surface area contributed by atoms with Crippen LogP contribution in [0.1, 0.15) is 50.7 Å². The van der Waals surface area contributed by atoms with E-state index < -0.39 is 6.10 Å². The molecule has 1 aromatic carbocycles. The van der Waals surface area contributed by atoms with E-state index in [1.165, 1.54) is 6.33 Å². The van der Waals surface area contributed by atoms with Crippen LogP contribution in [0.25, 0.3) is 0 Å². The highest BCUT2D eigenvalue weighted by Gasteiger charge is 2.13. The monoisotopic (exact) mass is 275 g/mol. The predicted molar refractivity (Wildman–Crippen MR) is 76.4 cm³/mol. The predicted octanol–water partition coefficient (Wildman–Crippen LogP) is 2.88. The maximum absolute atomic E-state index is 10.00. The summed E-state index contributed by atoms with van der Waals surface area (Å²) in [6.07, 6.45) is 1.68. The van der Waals surface area contributed by atoms with Gasteiger partial charge in [-0.15, -0.1) is 0 Å². The highest BCUT2D eigenvalue weighted by Crippen LogP contribution is 2.27. The molecule has 1 N–H and O–H groups in total. The lowest BCUT2D eigenvalue weighted by Crippen LogP contribution is -2.11. The van der Waals surface area contributed by atoms with Gasteiger partial charge < -0.3 is 9.84 Å². The van der Waals surface area contributed by atoms with Crippen LogP contribution < -0.4 is 4.74 Å². The van der Waals surface area contributed by atoms with Crippen LogP contribution >= 0.6 is 0 Å². The fourth-order valence-corrected chi connectivity index (χ4v) is 2.06. The number of benzene rings is 1. The minimum Gasteiger partial charge on any atom is -0.485 e. The zero-order valence-electron chi connectivity index (χ0n) is 12.2. The van der Waals surface area contributed by atoms with Crippen molar-refractivity contribution >= 4 is 0 Å². The molecule has 5 heteroatoms. The second kappa shape index (κ2) is 6.52. The van der Waals surface area contributed by atoms with Crippen LogP contribution in [0.3, 0.4) is 0 Å². The molecule has 0 radical (unpaired) electrons. The lowest BCUT2D eigenvalue weighted by Gasteiger charge is -2.15. The van der Waals surface area contributed by atoms with Crippen molar-refractivity contribution in [3.05, 3.63) is 42.0 Å². The van der Waals surface area contributed by atoms with E-state index in [2.05, 4.69) is 10.1 Å². The number of aliphatic hydroxyl groups excluding tert-OH is 1. The van der Waals surface area contributed by atoms with E-state index in [0.29, 0.717) is 18.8 Å². The van der Waals surface area contributed by atoms with Crippen LogP contribution in [-0.2, 0) is 6.61 Å². The van der Waals surface area contributed by atoms with Crippen LogP contribution in [0.15, 0.2) is 30.6 Å². The quantitative estimate of drug-likeness (QED) is 0.880. The van der Waals surface area contributed by atoms with Gasteiger partial charge in [0.05, 0.1) is 6.10 Å². The zero-order chi connectivity index (χ0) is 14.5. The van der Waals surface area contributed by atoms with Crippen molar-refractivity contribution < 1.29 is 9.84 Å². The summed E-state index contributed by atoms with van der Waals surface area (Å²) in [5.74, 6) is 1.47. The molecule has 2 aromatic rings. The zero-order valence-corrected chi connectivity index (χ0v) is 12.2. The maximum atomic E-state index is 10.00. The van der Waals surface area contributed by atoms with Gasteiger partial charge in [-0.3, -0.25) is 0 Å². The standard InChI is InChI=1S/C15H21N3O2/c1-4-13(19)12-7-5-6-8-14(12)20-9-15-16-10-17-18(15)11(2)3/h5-8,10-11,13,19H,4,9H2,1-3H3/t13-/m1/s1. The second-order valence-corrected chi connectivity index (χ2v) is 4.97. The van der Waals surface area contributed by atoms with Gasteiger partial charge in [-0.05, 0) is 26.3 Å². The third kappa shape index (κ3) is 3.17. The molecule has 1 atom stereocenters. The van der Waals surface area contributed by atoms with E-state index in [0.717, 1.165) is 11.4 Å². The summed E-state index contributed by atoms with van der Waals surface area (Å²) in [6.45, 7) is 6.38. The fraction of sp³-hybridized carbons (Fsp3) is 0.467. The van der Waals surface area contributed by atoms with Crippen molar-refractivity contribution in [2.45, 2.75) is 45.9 Å². The molecule has 0 spiro atoms. The number of hydrogen-bond donors (Lipinski definition) is 1. The van der Waals surface area contributed by atoms with Crippen molar-refractivity contribution in [2.24, 2.45) is 0 Å². The van der Waals surface area contributed by atoms with Gasteiger partial charge in [0.15, 0.2) is 5.82 Å². The first-order valence-corrected chi connectivity index (χ1v) is 6.91. The number of hydrogen-bond acceptors (Lipinski definition) is 4. The highest BCUT2D eigenvalue weighted by molar-refractivity contribution is 5.35. The molecule has 0 saturated heterocycles. The Kier molecular flexibility index (Phi) is 4.74. The van der Waals surface area contributed by atoms with Gasteiger partial charge in [-0.25, -0.2) is 9.67 Å². The van der Waals surface area contributed by atoms with Gasteiger partial charge in [-0.2, -0.15) is 5.10 Å². The summed E-state index contributed by atoms with van der Waals surface area (Å²) in [5, 5.41) is 14.2. The average Bonchev–Trinajstić information content (AvgIpc) is 2.93. The topological polar surface area (TPSA) is 60.2 Å². The second-order valence-electron chi connectivity index (χ2n) is 4.97. The molecular weight excluding hydrogens is 254 g/mol. The van der Waals surface area contributed by atoms with Crippen LogP contribution in [0.2, 0.25) is 0 Å². The Bertz CT molecular complexity index is 552. The summed E-state index contributed by atoms with van der Waals surface area (Å²) in [4.78, 5) is 4.21. The Labute approximate surface area is 119 Å². The minimum absolute atomic E-state index is 0.243. The molecule has 1 aromatic heterocycles. The molecule has 5 nitrogen and oxygen atoms in total. The van der Waals surface area contributed by atoms with Gasteiger partial charge in [-0.1, -0.05) is 25.1 Å². The number of rotatable bonds is 6. The van der Waals surface area contributed by atoms with Gasteiger partial charge in [0.25, 0.3) is 0 Å². The number of nitrogens with zero attached hydrogens (tertiary/aromatic N) is 3. The molecule has 0 bridgehead atoms. The molecule has 0 amide bonds. The molecule has 2 rings (SSSR count). The molecule has 0 aliphatic carbocycles. The first-order chi connectivity index (χ1) is 9.63. The summed E-state index contributed by atoms with van der Waals surface area (Å²) < 4.78 is 7.64. The van der Waals surface area contributed by atoms with Crippen molar-refractivity contribution in [3.63, 3.8) is 0 Å². The lowest BCUT2D eigenvalue weighted by molar-refractivity contribution is 0.165. The molecule has 0 fully saturated rings. The van der Waals surface area contributed by atoms with E-state index in [-0.39, 0.29) is 6.04 Å². The molecular formula is C15H21N3O2. The van der Waals surface area contributed by atoms with E-state index in [1.807, 2.05) is 49.7 Å². The Hall–Kier alpha value is -1.88. The Morgan fingerprint density at radius 1 is 1.30 bits per heavy atom. The number of ether oxygens (including phenoxy) is 1. The van der Waals surface area contributed by atoms with Crippen LogP contribution in [0, 0.1) is 0 Å². The molecule has 0 unspecified atom stereocenters. The SMILES string of the molecule is CC[C@@H](O)c1ccccc1OCc1ncnn1C(C)C. The molecule has 20 heavy (non-hydrogen) atoms. The number of aromatic nitrogens is 3. The van der Waals surface area contributed by atoms with Gasteiger partial charge in [0.1, 0.15) is 18.7 Å². The third-order valence-corrected chi connectivity index (χ3v) is 3.16. The lowest BCUT2D eigenvalue weighted by atomic mass is 10.1. The van der Waals surface area contributed by atoms with Crippen molar-refractivity contribution in [1.29, 1.82) is 0 Å². The van der Waals surface area contributed by atoms with E-state index >= 15 is 0 Å². The largest absolute Gasteiger partial charge is 0.485 e. The van der Waals surface area contributed by atoms with Crippen molar-refractivity contribution in [3.8, 4) is 5.75 Å². The Morgan fingerprint density at radius 3 is 2.75 bits per heavy atom. The normalized spacial score (nSPS) is 12.7. The first kappa shape index (κ1) is 14.5. The third-order valence-electron chi connectivity index (χ3n) is 3.16.